The number of aromatic nitrogens is 5. The SMILES string of the molecule is O=c1n(Cc2ccc(C(F)(F)F)cc2)nc2c(OCc3cccnc3)c(-c3ccc(Cl)cc3)cnn12. The first kappa shape index (κ1) is 23.6. The van der Waals surface area contributed by atoms with Crippen molar-refractivity contribution in [2.45, 2.75) is 19.3 Å². The maximum absolute atomic E-state index is 13.0. The lowest BCUT2D eigenvalue weighted by atomic mass is 10.1. The van der Waals surface area contributed by atoms with Gasteiger partial charge in [-0.15, -0.1) is 5.10 Å². The highest BCUT2D eigenvalue weighted by atomic mass is 35.5. The van der Waals surface area contributed by atoms with Crippen LogP contribution >= 0.6 is 11.6 Å². The second-order valence-electron chi connectivity index (χ2n) is 7.91. The van der Waals surface area contributed by atoms with Crippen LogP contribution in [0.5, 0.6) is 5.75 Å². The van der Waals surface area contributed by atoms with Gasteiger partial charge in [-0.25, -0.2) is 9.48 Å². The fourth-order valence-electron chi connectivity index (χ4n) is 3.63. The van der Waals surface area contributed by atoms with Crippen molar-refractivity contribution in [3.8, 4) is 16.9 Å². The first-order valence-electron chi connectivity index (χ1n) is 10.7. The van der Waals surface area contributed by atoms with Crippen LogP contribution in [0.25, 0.3) is 16.8 Å². The topological polar surface area (TPSA) is 74.3 Å². The smallest absolute Gasteiger partial charge is 0.416 e. The number of benzene rings is 2. The Morgan fingerprint density at radius 2 is 1.69 bits per heavy atom. The highest BCUT2D eigenvalue weighted by Crippen LogP contribution is 2.33. The molecule has 0 aliphatic rings. The fraction of sp³-hybridized carbons (Fsp3) is 0.120. The second-order valence-corrected chi connectivity index (χ2v) is 8.35. The van der Waals surface area contributed by atoms with E-state index in [1.54, 1.807) is 42.7 Å². The molecular formula is C25H17ClF3N5O2. The molecule has 0 aliphatic carbocycles. The van der Waals surface area contributed by atoms with E-state index in [0.717, 1.165) is 32.5 Å². The minimum Gasteiger partial charge on any atom is -0.484 e. The van der Waals surface area contributed by atoms with Gasteiger partial charge in [-0.1, -0.05) is 41.9 Å². The molecule has 0 radical (unpaired) electrons. The zero-order chi connectivity index (χ0) is 25.3. The van der Waals surface area contributed by atoms with E-state index in [1.165, 1.54) is 18.3 Å². The molecule has 2 aromatic carbocycles. The molecule has 0 spiro atoms. The quantitative estimate of drug-likeness (QED) is 0.311. The lowest BCUT2D eigenvalue weighted by molar-refractivity contribution is -0.137. The molecule has 11 heteroatoms. The van der Waals surface area contributed by atoms with E-state index in [9.17, 15) is 18.0 Å². The largest absolute Gasteiger partial charge is 0.484 e. The van der Waals surface area contributed by atoms with Crippen LogP contribution in [-0.4, -0.2) is 24.4 Å². The molecule has 0 N–H and O–H groups in total. The normalized spacial score (nSPS) is 11.7. The van der Waals surface area contributed by atoms with Crippen LogP contribution in [0.3, 0.4) is 0 Å². The van der Waals surface area contributed by atoms with Gasteiger partial charge >= 0.3 is 11.9 Å². The number of alkyl halides is 3. The molecule has 7 nitrogen and oxygen atoms in total. The Morgan fingerprint density at radius 3 is 2.36 bits per heavy atom. The van der Waals surface area contributed by atoms with Gasteiger partial charge < -0.3 is 4.74 Å². The van der Waals surface area contributed by atoms with Crippen LogP contribution in [0, 0.1) is 0 Å². The van der Waals surface area contributed by atoms with E-state index in [1.807, 2.05) is 6.07 Å². The Hall–Kier alpha value is -4.18. The summed E-state index contributed by atoms with van der Waals surface area (Å²) in [5, 5.41) is 9.22. The van der Waals surface area contributed by atoms with E-state index in [2.05, 4.69) is 15.2 Å². The van der Waals surface area contributed by atoms with E-state index in [4.69, 9.17) is 16.3 Å². The number of nitrogens with zero attached hydrogens (tertiary/aromatic N) is 5. The van der Waals surface area contributed by atoms with Crippen LogP contribution in [0.15, 0.2) is 84.0 Å². The standard InChI is InChI=1S/C25H17ClF3N5O2/c26-20-9-5-18(6-10-20)21-13-31-34-23(22(21)36-15-17-2-1-11-30-12-17)32-33(24(34)35)14-16-3-7-19(8-4-16)25(27,28)29/h1-13H,14-15H2. The first-order chi connectivity index (χ1) is 17.3. The average molecular weight is 512 g/mol. The van der Waals surface area contributed by atoms with Crippen molar-refractivity contribution < 1.29 is 17.9 Å². The second kappa shape index (κ2) is 9.46. The van der Waals surface area contributed by atoms with Gasteiger partial charge in [0.05, 0.1) is 18.3 Å². The molecule has 0 atom stereocenters. The summed E-state index contributed by atoms with van der Waals surface area (Å²) in [5.41, 5.74) is 1.47. The number of ether oxygens (including phenoxy) is 1. The zero-order valence-corrected chi connectivity index (χ0v) is 19.2. The predicted octanol–water partition coefficient (Wildman–Crippen LogP) is 5.25. The number of hydrogen-bond acceptors (Lipinski definition) is 5. The summed E-state index contributed by atoms with van der Waals surface area (Å²) >= 11 is 6.03. The molecule has 0 amide bonds. The zero-order valence-electron chi connectivity index (χ0n) is 18.5. The number of hydrogen-bond donors (Lipinski definition) is 0. The third kappa shape index (κ3) is 4.80. The number of pyridine rings is 1. The molecule has 5 rings (SSSR count). The van der Waals surface area contributed by atoms with Crippen molar-refractivity contribution in [2.24, 2.45) is 0 Å². The van der Waals surface area contributed by atoms with Gasteiger partial charge in [0, 0.05) is 28.5 Å². The molecule has 0 bridgehead atoms. The molecule has 3 aromatic heterocycles. The van der Waals surface area contributed by atoms with Gasteiger partial charge in [0.1, 0.15) is 6.61 Å². The molecule has 36 heavy (non-hydrogen) atoms. The minimum absolute atomic E-state index is 0.0430. The van der Waals surface area contributed by atoms with Crippen LogP contribution < -0.4 is 10.4 Å². The molecule has 182 valence electrons. The number of halogens is 4. The Balaban J connectivity index is 1.56. The summed E-state index contributed by atoms with van der Waals surface area (Å²) in [6.07, 6.45) is 0.368. The summed E-state index contributed by atoms with van der Waals surface area (Å²) in [6, 6.07) is 15.2. The van der Waals surface area contributed by atoms with Crippen LogP contribution in [0.4, 0.5) is 13.2 Å². The van der Waals surface area contributed by atoms with E-state index < -0.39 is 17.4 Å². The molecule has 3 heterocycles. The molecule has 5 aromatic rings. The van der Waals surface area contributed by atoms with Crippen molar-refractivity contribution in [3.05, 3.63) is 111 Å². The molecule has 0 aliphatic heterocycles. The van der Waals surface area contributed by atoms with Gasteiger partial charge in [-0.2, -0.15) is 22.8 Å². The number of fused-ring (bicyclic) bond motifs is 1. The van der Waals surface area contributed by atoms with Crippen molar-refractivity contribution in [1.82, 2.24) is 24.4 Å². The maximum atomic E-state index is 13.0. The summed E-state index contributed by atoms with van der Waals surface area (Å²) < 4.78 is 47.0. The van der Waals surface area contributed by atoms with Crippen molar-refractivity contribution in [2.75, 3.05) is 0 Å². The maximum Gasteiger partial charge on any atom is 0.416 e. The lowest BCUT2D eigenvalue weighted by Crippen LogP contribution is -2.23. The van der Waals surface area contributed by atoms with Gasteiger partial charge in [-0.05, 0) is 41.5 Å². The van der Waals surface area contributed by atoms with Gasteiger partial charge in [0.2, 0.25) is 5.65 Å². The Bertz CT molecular complexity index is 1560. The van der Waals surface area contributed by atoms with E-state index in [0.29, 0.717) is 21.9 Å². The van der Waals surface area contributed by atoms with Crippen LogP contribution in [0.2, 0.25) is 5.02 Å². The van der Waals surface area contributed by atoms with Gasteiger partial charge in [-0.3, -0.25) is 4.98 Å². The molecule has 0 saturated heterocycles. The molecule has 0 unspecified atom stereocenters. The van der Waals surface area contributed by atoms with E-state index in [-0.39, 0.29) is 18.8 Å². The predicted molar refractivity (Wildman–Crippen MR) is 127 cm³/mol. The molecule has 0 saturated carbocycles. The number of rotatable bonds is 6. The summed E-state index contributed by atoms with van der Waals surface area (Å²) in [7, 11) is 0. The van der Waals surface area contributed by atoms with E-state index >= 15 is 0 Å². The molecular weight excluding hydrogens is 495 g/mol. The van der Waals surface area contributed by atoms with Crippen molar-refractivity contribution >= 4 is 17.2 Å². The summed E-state index contributed by atoms with van der Waals surface area (Å²) in [4.78, 5) is 17.1. The van der Waals surface area contributed by atoms with Crippen molar-refractivity contribution in [3.63, 3.8) is 0 Å². The Morgan fingerprint density at radius 1 is 0.944 bits per heavy atom. The third-order valence-electron chi connectivity index (χ3n) is 5.44. The Labute approximate surface area is 207 Å². The monoisotopic (exact) mass is 511 g/mol. The first-order valence-corrected chi connectivity index (χ1v) is 11.1. The fourth-order valence-corrected chi connectivity index (χ4v) is 3.76. The van der Waals surface area contributed by atoms with Crippen LogP contribution in [0.1, 0.15) is 16.7 Å². The van der Waals surface area contributed by atoms with Crippen molar-refractivity contribution in [1.29, 1.82) is 0 Å². The lowest BCUT2D eigenvalue weighted by Gasteiger charge is -2.12. The van der Waals surface area contributed by atoms with Crippen LogP contribution in [-0.2, 0) is 19.3 Å². The third-order valence-corrected chi connectivity index (χ3v) is 5.69. The molecule has 0 fully saturated rings. The Kier molecular flexibility index (Phi) is 6.19. The highest BCUT2D eigenvalue weighted by molar-refractivity contribution is 6.30. The summed E-state index contributed by atoms with van der Waals surface area (Å²) in [5.74, 6) is 0.319. The van der Waals surface area contributed by atoms with Gasteiger partial charge in [0.25, 0.3) is 0 Å². The minimum atomic E-state index is -4.44. The highest BCUT2D eigenvalue weighted by Gasteiger charge is 2.30. The summed E-state index contributed by atoms with van der Waals surface area (Å²) in [6.45, 7) is 0.118. The van der Waals surface area contributed by atoms with Gasteiger partial charge in [0.15, 0.2) is 5.75 Å². The average Bonchev–Trinajstić information content (AvgIpc) is 3.19.